The number of rotatable bonds is 3. The normalized spacial score (nSPS) is 10.7. The fourth-order valence-corrected chi connectivity index (χ4v) is 1.47. The molecule has 0 fully saturated rings. The lowest BCUT2D eigenvalue weighted by atomic mass is 10.0. The van der Waals surface area contributed by atoms with E-state index < -0.39 is 0 Å². The van der Waals surface area contributed by atoms with E-state index in [2.05, 4.69) is 0 Å². The molecule has 0 heterocycles. The van der Waals surface area contributed by atoms with Crippen LogP contribution in [0.2, 0.25) is 5.02 Å². The van der Waals surface area contributed by atoms with Crippen LogP contribution >= 0.6 is 11.6 Å². The Kier molecular flexibility index (Phi) is 3.76. The van der Waals surface area contributed by atoms with E-state index in [-0.39, 0.29) is 17.5 Å². The molecule has 14 heavy (non-hydrogen) atoms. The second-order valence-corrected chi connectivity index (χ2v) is 3.81. The van der Waals surface area contributed by atoms with Crippen LogP contribution in [0.15, 0.2) is 12.1 Å². The molecular weight excluding hydrogens is 203 g/mol. The molecule has 1 aromatic rings. The van der Waals surface area contributed by atoms with Crippen molar-refractivity contribution in [3.8, 4) is 5.75 Å². The first kappa shape index (κ1) is 11.3. The maximum absolute atomic E-state index is 13.4. The average molecular weight is 217 g/mol. The zero-order valence-electron chi connectivity index (χ0n) is 8.60. The predicted molar refractivity (Wildman–Crippen MR) is 56.7 cm³/mol. The van der Waals surface area contributed by atoms with Gasteiger partial charge in [-0.2, -0.15) is 0 Å². The first-order chi connectivity index (χ1) is 6.56. The molecule has 1 nitrogen and oxygen atoms in total. The maximum Gasteiger partial charge on any atom is 0.173 e. The Bertz CT molecular complexity index is 300. The number of benzene rings is 1. The largest absolute Gasteiger partial charge is 0.489 e. The summed E-state index contributed by atoms with van der Waals surface area (Å²) in [5, 5.41) is 0.343. The molecule has 0 N–H and O–H groups in total. The highest BCUT2D eigenvalue weighted by molar-refractivity contribution is 6.32. The molecule has 0 saturated carbocycles. The summed E-state index contributed by atoms with van der Waals surface area (Å²) in [7, 11) is 0. The minimum atomic E-state index is -0.386. The quantitative estimate of drug-likeness (QED) is 0.742. The molecule has 3 heteroatoms. The van der Waals surface area contributed by atoms with Crippen molar-refractivity contribution >= 4 is 11.6 Å². The highest BCUT2D eigenvalue weighted by atomic mass is 35.5. The lowest BCUT2D eigenvalue weighted by molar-refractivity contribution is 0.321. The third-order valence-electron chi connectivity index (χ3n) is 1.98. The first-order valence-electron chi connectivity index (χ1n) is 4.68. The van der Waals surface area contributed by atoms with Gasteiger partial charge in [-0.1, -0.05) is 25.4 Å². The highest BCUT2D eigenvalue weighted by Crippen LogP contribution is 2.31. The van der Waals surface area contributed by atoms with Gasteiger partial charge in [0, 0.05) is 0 Å². The number of ether oxygens (including phenoxy) is 1. The molecule has 0 radical (unpaired) electrons. The fourth-order valence-electron chi connectivity index (χ4n) is 1.20. The molecule has 0 amide bonds. The van der Waals surface area contributed by atoms with E-state index in [9.17, 15) is 4.39 Å². The Morgan fingerprint density at radius 1 is 1.43 bits per heavy atom. The maximum atomic E-state index is 13.4. The number of hydrogen-bond acceptors (Lipinski definition) is 1. The molecule has 0 atom stereocenters. The second-order valence-electron chi connectivity index (χ2n) is 3.40. The summed E-state index contributed by atoms with van der Waals surface area (Å²) in [5.41, 5.74) is 0.885. The Morgan fingerprint density at radius 3 is 2.50 bits per heavy atom. The highest BCUT2D eigenvalue weighted by Gasteiger charge is 2.11. The van der Waals surface area contributed by atoms with Crippen LogP contribution in [0.5, 0.6) is 5.75 Å². The fraction of sp³-hybridized carbons (Fsp3) is 0.455. The minimum absolute atomic E-state index is 0.151. The Balaban J connectivity index is 3.11. The minimum Gasteiger partial charge on any atom is -0.489 e. The van der Waals surface area contributed by atoms with Gasteiger partial charge < -0.3 is 4.74 Å². The molecule has 78 valence electrons. The van der Waals surface area contributed by atoms with Crippen molar-refractivity contribution in [1.29, 1.82) is 0 Å². The summed E-state index contributed by atoms with van der Waals surface area (Å²) in [6.45, 7) is 6.20. The summed E-state index contributed by atoms with van der Waals surface area (Å²) in [5.74, 6) is 0.0271. The smallest absolute Gasteiger partial charge is 0.173 e. The molecule has 0 saturated heterocycles. The summed E-state index contributed by atoms with van der Waals surface area (Å²) in [6.07, 6.45) is 0. The van der Waals surface area contributed by atoms with E-state index in [4.69, 9.17) is 16.3 Å². The van der Waals surface area contributed by atoms with Gasteiger partial charge in [0.15, 0.2) is 11.6 Å². The predicted octanol–water partition coefficient (Wildman–Crippen LogP) is 4.00. The van der Waals surface area contributed by atoms with Crippen LogP contribution in [0.1, 0.15) is 32.3 Å². The standard InChI is InChI=1S/C11H14ClFO/c1-4-14-11-9(12)5-8(7(2)3)6-10(11)13/h5-7H,4H2,1-3H3. The van der Waals surface area contributed by atoms with E-state index in [1.54, 1.807) is 13.0 Å². The molecule has 1 aromatic carbocycles. The average Bonchev–Trinajstić information content (AvgIpc) is 2.10. The Hall–Kier alpha value is -0.760. The van der Waals surface area contributed by atoms with Gasteiger partial charge in [-0.15, -0.1) is 0 Å². The van der Waals surface area contributed by atoms with Crippen molar-refractivity contribution in [2.45, 2.75) is 26.7 Å². The second kappa shape index (κ2) is 4.65. The summed E-state index contributed by atoms with van der Waals surface area (Å²) < 4.78 is 18.5. The molecule has 1 rings (SSSR count). The number of hydrogen-bond donors (Lipinski definition) is 0. The van der Waals surface area contributed by atoms with Gasteiger partial charge in [0.1, 0.15) is 0 Å². The molecular formula is C11H14ClFO. The third-order valence-corrected chi connectivity index (χ3v) is 2.26. The molecule has 0 unspecified atom stereocenters. The lowest BCUT2D eigenvalue weighted by Gasteiger charge is -2.11. The first-order valence-corrected chi connectivity index (χ1v) is 5.05. The van der Waals surface area contributed by atoms with Gasteiger partial charge in [0.2, 0.25) is 0 Å². The van der Waals surface area contributed by atoms with Crippen molar-refractivity contribution in [1.82, 2.24) is 0 Å². The van der Waals surface area contributed by atoms with E-state index in [0.29, 0.717) is 11.6 Å². The number of halogens is 2. The van der Waals surface area contributed by atoms with E-state index in [1.165, 1.54) is 6.07 Å². The van der Waals surface area contributed by atoms with Crippen LogP contribution in [0.25, 0.3) is 0 Å². The van der Waals surface area contributed by atoms with Gasteiger partial charge in [0.25, 0.3) is 0 Å². The molecule has 0 aliphatic heterocycles. The van der Waals surface area contributed by atoms with Crippen molar-refractivity contribution in [3.63, 3.8) is 0 Å². The van der Waals surface area contributed by atoms with Crippen molar-refractivity contribution < 1.29 is 9.13 Å². The Labute approximate surface area is 88.8 Å². The van der Waals surface area contributed by atoms with Crippen molar-refractivity contribution in [2.75, 3.05) is 6.61 Å². The third kappa shape index (κ3) is 2.38. The van der Waals surface area contributed by atoms with Gasteiger partial charge in [0.05, 0.1) is 11.6 Å². The lowest BCUT2D eigenvalue weighted by Crippen LogP contribution is -1.98. The zero-order chi connectivity index (χ0) is 10.7. The van der Waals surface area contributed by atoms with Crippen LogP contribution < -0.4 is 4.74 Å². The van der Waals surface area contributed by atoms with Crippen molar-refractivity contribution in [2.24, 2.45) is 0 Å². The van der Waals surface area contributed by atoms with Crippen LogP contribution in [-0.2, 0) is 0 Å². The molecule has 0 aromatic heterocycles. The molecule has 0 spiro atoms. The summed E-state index contributed by atoms with van der Waals surface area (Å²) in [4.78, 5) is 0. The van der Waals surface area contributed by atoms with E-state index >= 15 is 0 Å². The molecule has 0 aliphatic carbocycles. The zero-order valence-corrected chi connectivity index (χ0v) is 9.36. The van der Waals surface area contributed by atoms with E-state index in [0.717, 1.165) is 5.56 Å². The topological polar surface area (TPSA) is 9.23 Å². The van der Waals surface area contributed by atoms with Crippen molar-refractivity contribution in [3.05, 3.63) is 28.5 Å². The van der Waals surface area contributed by atoms with Gasteiger partial charge >= 0.3 is 0 Å². The van der Waals surface area contributed by atoms with Gasteiger partial charge in [-0.05, 0) is 30.5 Å². The monoisotopic (exact) mass is 216 g/mol. The van der Waals surface area contributed by atoms with Gasteiger partial charge in [-0.3, -0.25) is 0 Å². The summed E-state index contributed by atoms with van der Waals surface area (Å²) >= 11 is 5.89. The van der Waals surface area contributed by atoms with Gasteiger partial charge in [-0.25, -0.2) is 4.39 Å². The Morgan fingerprint density at radius 2 is 2.07 bits per heavy atom. The van der Waals surface area contributed by atoms with Crippen LogP contribution in [0, 0.1) is 5.82 Å². The molecule has 0 aliphatic rings. The van der Waals surface area contributed by atoms with Crippen LogP contribution in [0.3, 0.4) is 0 Å². The summed E-state index contributed by atoms with van der Waals surface area (Å²) in [6, 6.07) is 3.22. The molecule has 0 bridgehead atoms. The van der Waals surface area contributed by atoms with E-state index in [1.807, 2.05) is 13.8 Å². The van der Waals surface area contributed by atoms with Crippen LogP contribution in [0.4, 0.5) is 4.39 Å². The SMILES string of the molecule is CCOc1c(F)cc(C(C)C)cc1Cl. The van der Waals surface area contributed by atoms with Crippen LogP contribution in [-0.4, -0.2) is 6.61 Å².